The molecule has 0 amide bonds. The van der Waals surface area contributed by atoms with Gasteiger partial charge in [-0.15, -0.1) is 0 Å². The van der Waals surface area contributed by atoms with Crippen LogP contribution in [-0.2, 0) is 27.9 Å². The number of ether oxygens (including phenoxy) is 2. The molecule has 0 rings (SSSR count). The number of esters is 1. The number of hydrogen-bond donors (Lipinski definition) is 0. The molecule has 71 heavy (non-hydrogen) atoms. The van der Waals surface area contributed by atoms with Gasteiger partial charge in [-0.1, -0.05) is 260 Å². The van der Waals surface area contributed by atoms with E-state index in [-0.39, 0.29) is 32.2 Å². The van der Waals surface area contributed by atoms with E-state index in [4.69, 9.17) is 18.5 Å². The molecule has 0 radical (unpaired) electrons. The highest BCUT2D eigenvalue weighted by Gasteiger charge is 2.20. The molecule has 414 valence electrons. The van der Waals surface area contributed by atoms with Crippen molar-refractivity contribution in [3.8, 4) is 0 Å². The van der Waals surface area contributed by atoms with Crippen LogP contribution in [-0.4, -0.2) is 70.7 Å². The van der Waals surface area contributed by atoms with Crippen molar-refractivity contribution >= 4 is 13.8 Å². The topological polar surface area (TPSA) is 94.1 Å². The van der Waals surface area contributed by atoms with Crippen LogP contribution in [0.5, 0.6) is 0 Å². The van der Waals surface area contributed by atoms with Gasteiger partial charge in [-0.2, -0.15) is 0 Å². The molecular formula is C62H114NO7P. The van der Waals surface area contributed by atoms with Gasteiger partial charge in [0.2, 0.25) is 0 Å². The van der Waals surface area contributed by atoms with Crippen molar-refractivity contribution in [2.45, 2.75) is 264 Å². The van der Waals surface area contributed by atoms with Crippen molar-refractivity contribution in [2.24, 2.45) is 0 Å². The quantitative estimate of drug-likeness (QED) is 0.0197. The number of nitrogens with zero attached hydrogens (tertiary/aromatic N) is 1. The van der Waals surface area contributed by atoms with Crippen LogP contribution in [0.4, 0.5) is 0 Å². The number of phosphoric acid groups is 1. The van der Waals surface area contributed by atoms with Crippen LogP contribution < -0.4 is 4.89 Å². The highest BCUT2D eigenvalue weighted by atomic mass is 31.2. The smallest absolute Gasteiger partial charge is 0.306 e. The monoisotopic (exact) mass is 1020 g/mol. The normalized spacial score (nSPS) is 13.9. The molecule has 2 unspecified atom stereocenters. The molecule has 0 aliphatic heterocycles. The molecule has 9 heteroatoms. The highest BCUT2D eigenvalue weighted by molar-refractivity contribution is 7.45. The standard InChI is InChI=1S/C62H114NO7P/c1-6-8-10-12-14-16-18-20-22-24-26-28-30-31-32-34-36-38-40-42-44-46-48-50-52-54-57-67-59-61(60-69-71(65,66)68-58-56-63(3,4)5)70-62(64)55-53-51-49-47-45-43-41-39-37-35-33-29-27-25-23-21-19-17-15-13-11-9-7-2/h9,11,15,17,21,23,27,29,35,37,41,43,61H,6-8,10,12-14,16,18-20,22,24-26,28,30-34,36,38-40,42,44-60H2,1-5H3/b11-9-,17-15-,23-21-,29-27-,37-35-,43-41-. The van der Waals surface area contributed by atoms with Crippen LogP contribution in [0.1, 0.15) is 258 Å². The maximum atomic E-state index is 12.8. The zero-order valence-corrected chi connectivity index (χ0v) is 48.1. The lowest BCUT2D eigenvalue weighted by molar-refractivity contribution is -0.870. The fourth-order valence-electron chi connectivity index (χ4n) is 8.26. The van der Waals surface area contributed by atoms with Gasteiger partial charge in [0.25, 0.3) is 7.82 Å². The average molecular weight is 1020 g/mol. The Morgan fingerprint density at radius 1 is 0.451 bits per heavy atom. The second kappa shape index (κ2) is 54.2. The lowest BCUT2D eigenvalue weighted by Gasteiger charge is -2.28. The van der Waals surface area contributed by atoms with Crippen molar-refractivity contribution in [3.05, 3.63) is 72.9 Å². The number of unbranched alkanes of at least 4 members (excludes halogenated alkanes) is 29. The Kier molecular flexibility index (Phi) is 52.6. The number of quaternary nitrogens is 1. The number of rotatable bonds is 55. The Hall–Kier alpha value is -2.06. The number of allylic oxidation sites excluding steroid dienone is 12. The molecule has 0 aliphatic carbocycles. The van der Waals surface area contributed by atoms with E-state index in [0.717, 1.165) is 83.5 Å². The van der Waals surface area contributed by atoms with Gasteiger partial charge in [-0.05, 0) is 64.2 Å². The molecule has 0 fully saturated rings. The first-order chi connectivity index (χ1) is 34.6. The molecule has 0 aliphatic rings. The lowest BCUT2D eigenvalue weighted by Crippen LogP contribution is -2.37. The minimum atomic E-state index is -4.55. The number of hydrogen-bond acceptors (Lipinski definition) is 7. The van der Waals surface area contributed by atoms with E-state index in [1.54, 1.807) is 0 Å². The summed E-state index contributed by atoms with van der Waals surface area (Å²) in [5, 5.41) is 0. The molecule has 0 saturated carbocycles. The van der Waals surface area contributed by atoms with E-state index in [1.165, 1.54) is 154 Å². The number of likely N-dealkylation sites (N-methyl/N-ethyl adjacent to an activating group) is 1. The van der Waals surface area contributed by atoms with Crippen LogP contribution in [0.3, 0.4) is 0 Å². The van der Waals surface area contributed by atoms with E-state index >= 15 is 0 Å². The van der Waals surface area contributed by atoms with Gasteiger partial charge < -0.3 is 27.9 Å². The largest absolute Gasteiger partial charge is 0.756 e. The first-order valence-electron chi connectivity index (χ1n) is 29.7. The maximum absolute atomic E-state index is 12.8. The summed E-state index contributed by atoms with van der Waals surface area (Å²) in [6.07, 6.45) is 72.4. The predicted octanol–water partition coefficient (Wildman–Crippen LogP) is 18.3. The van der Waals surface area contributed by atoms with Gasteiger partial charge in [0.1, 0.15) is 19.3 Å². The van der Waals surface area contributed by atoms with Gasteiger partial charge in [0.05, 0.1) is 34.4 Å². The van der Waals surface area contributed by atoms with Crippen LogP contribution >= 0.6 is 7.82 Å². The molecule has 2 atom stereocenters. The summed E-state index contributed by atoms with van der Waals surface area (Å²) in [7, 11) is 1.34. The number of carbonyl (C=O) groups excluding carboxylic acids is 1. The second-order valence-electron chi connectivity index (χ2n) is 21.0. The predicted molar refractivity (Wildman–Crippen MR) is 305 cm³/mol. The number of carbonyl (C=O) groups is 1. The fourth-order valence-corrected chi connectivity index (χ4v) is 8.99. The second-order valence-corrected chi connectivity index (χ2v) is 22.4. The molecule has 0 bridgehead atoms. The van der Waals surface area contributed by atoms with Crippen molar-refractivity contribution in [3.63, 3.8) is 0 Å². The van der Waals surface area contributed by atoms with Gasteiger partial charge >= 0.3 is 5.97 Å². The minimum Gasteiger partial charge on any atom is -0.756 e. The third-order valence-electron chi connectivity index (χ3n) is 12.8. The van der Waals surface area contributed by atoms with Crippen LogP contribution in [0.25, 0.3) is 0 Å². The van der Waals surface area contributed by atoms with E-state index in [0.29, 0.717) is 17.6 Å². The molecule has 0 aromatic rings. The van der Waals surface area contributed by atoms with Gasteiger partial charge in [-0.25, -0.2) is 0 Å². The van der Waals surface area contributed by atoms with E-state index < -0.39 is 13.9 Å². The zero-order chi connectivity index (χ0) is 51.9. The summed E-state index contributed by atoms with van der Waals surface area (Å²) < 4.78 is 34.8. The zero-order valence-electron chi connectivity index (χ0n) is 47.2. The van der Waals surface area contributed by atoms with Crippen LogP contribution in [0.2, 0.25) is 0 Å². The summed E-state index contributed by atoms with van der Waals surface area (Å²) >= 11 is 0. The maximum Gasteiger partial charge on any atom is 0.306 e. The van der Waals surface area contributed by atoms with Crippen molar-refractivity contribution in [2.75, 3.05) is 54.1 Å². The Bertz CT molecular complexity index is 1370. The summed E-state index contributed by atoms with van der Waals surface area (Å²) in [6.45, 7) is 5.30. The molecule has 0 spiro atoms. The summed E-state index contributed by atoms with van der Waals surface area (Å²) in [5.41, 5.74) is 0. The van der Waals surface area contributed by atoms with Gasteiger partial charge in [0.15, 0.2) is 0 Å². The van der Waals surface area contributed by atoms with Gasteiger partial charge in [0, 0.05) is 13.0 Å². The summed E-state index contributed by atoms with van der Waals surface area (Å²) in [5.74, 6) is -0.356. The van der Waals surface area contributed by atoms with Crippen molar-refractivity contribution < 1.29 is 37.3 Å². The first kappa shape index (κ1) is 68.9. The third-order valence-corrected chi connectivity index (χ3v) is 13.7. The molecule has 0 aromatic heterocycles. The van der Waals surface area contributed by atoms with Crippen molar-refractivity contribution in [1.82, 2.24) is 0 Å². The molecule has 0 N–H and O–H groups in total. The lowest BCUT2D eigenvalue weighted by atomic mass is 10.0. The van der Waals surface area contributed by atoms with Crippen LogP contribution in [0, 0.1) is 0 Å². The SMILES string of the molecule is CC/C=C\C/C=C\C/C=C\C/C=C\C/C=C\C/C=C\CCCCCCC(=O)OC(COCCCCCCCCCCCCCCCCCCCCCCCCCCCC)COP(=O)([O-])OCC[N+](C)(C)C. The molecule has 0 saturated heterocycles. The Balaban J connectivity index is 4.09. The Labute approximate surface area is 440 Å². The molecule has 0 aromatic carbocycles. The fraction of sp³-hybridized carbons (Fsp3) is 0.790. The minimum absolute atomic E-state index is 0.0188. The Morgan fingerprint density at radius 2 is 0.817 bits per heavy atom. The highest BCUT2D eigenvalue weighted by Crippen LogP contribution is 2.38. The summed E-state index contributed by atoms with van der Waals surface area (Å²) in [6, 6.07) is 0. The van der Waals surface area contributed by atoms with Crippen LogP contribution in [0.15, 0.2) is 72.9 Å². The molecule has 0 heterocycles. The average Bonchev–Trinajstić information content (AvgIpc) is 3.33. The molecular weight excluding hydrogens is 902 g/mol. The number of phosphoric ester groups is 1. The van der Waals surface area contributed by atoms with E-state index in [2.05, 4.69) is 86.8 Å². The van der Waals surface area contributed by atoms with Crippen molar-refractivity contribution in [1.29, 1.82) is 0 Å². The molecule has 8 nitrogen and oxygen atoms in total. The first-order valence-corrected chi connectivity index (χ1v) is 31.1. The summed E-state index contributed by atoms with van der Waals surface area (Å²) in [4.78, 5) is 25.3. The third kappa shape index (κ3) is 58.7. The van der Waals surface area contributed by atoms with E-state index in [9.17, 15) is 14.3 Å². The van der Waals surface area contributed by atoms with E-state index in [1.807, 2.05) is 21.1 Å². The van der Waals surface area contributed by atoms with Gasteiger partial charge in [-0.3, -0.25) is 9.36 Å². The Morgan fingerprint density at radius 3 is 1.23 bits per heavy atom.